The molecule has 104 valence electrons. The molecule has 0 bridgehead atoms. The first-order chi connectivity index (χ1) is 7.78. The molecule has 0 saturated heterocycles. The summed E-state index contributed by atoms with van der Waals surface area (Å²) >= 11 is 0. The highest BCUT2D eigenvalue weighted by molar-refractivity contribution is 6.00. The third-order valence-corrected chi connectivity index (χ3v) is 1.64. The van der Waals surface area contributed by atoms with E-state index < -0.39 is 0 Å². The number of hydrogen-bond donors (Lipinski definition) is 0. The van der Waals surface area contributed by atoms with Gasteiger partial charge in [0.05, 0.1) is 6.42 Å². The molecule has 0 aliphatic heterocycles. The molecule has 0 atom stereocenters. The lowest BCUT2D eigenvalue weighted by Crippen LogP contribution is -2.16. The first-order valence-corrected chi connectivity index (χ1v) is 6.83. The third-order valence-electron chi connectivity index (χ3n) is 1.64. The lowest BCUT2D eigenvalue weighted by Gasteiger charge is -2.04. The normalized spacial score (nSPS) is 9.06. The monoisotopic (exact) mass is 244 g/mol. The summed E-state index contributed by atoms with van der Waals surface area (Å²) in [7, 11) is 0. The summed E-state index contributed by atoms with van der Waals surface area (Å²) in [6.45, 7) is 15.8. The second-order valence-corrected chi connectivity index (χ2v) is 4.83. The summed E-state index contributed by atoms with van der Waals surface area (Å²) in [5.74, 6) is 0.0581. The third kappa shape index (κ3) is 21.2. The second-order valence-electron chi connectivity index (χ2n) is 4.83. The zero-order valence-corrected chi connectivity index (χ0v) is 13.1. The van der Waals surface area contributed by atoms with Gasteiger partial charge in [0.25, 0.3) is 0 Å². The van der Waals surface area contributed by atoms with Crippen molar-refractivity contribution in [3.8, 4) is 0 Å². The molecule has 0 unspecified atom stereocenters. The standard InChI is InChI=1S/C9H16O2.2C3H8/c1-6(2)8(10)5-9(11)7(3)4;2*1-3-2/h6-7H,5H2,1-4H3;2*3H2,1-2H3. The average molecular weight is 244 g/mol. The van der Waals surface area contributed by atoms with E-state index in [9.17, 15) is 9.59 Å². The fraction of sp³-hybridized carbons (Fsp3) is 0.867. The lowest BCUT2D eigenvalue weighted by molar-refractivity contribution is -0.130. The minimum absolute atomic E-state index is 0.0160. The van der Waals surface area contributed by atoms with E-state index in [2.05, 4.69) is 27.7 Å². The largest absolute Gasteiger partial charge is 0.299 e. The molecule has 0 radical (unpaired) electrons. The predicted molar refractivity (Wildman–Crippen MR) is 76.2 cm³/mol. The van der Waals surface area contributed by atoms with Crippen LogP contribution in [0.15, 0.2) is 0 Å². The molecular formula is C15H32O2. The Balaban J connectivity index is -0.000000273. The highest BCUT2D eigenvalue weighted by Gasteiger charge is 2.14. The summed E-state index contributed by atoms with van der Waals surface area (Å²) in [6, 6.07) is 0. The maximum absolute atomic E-state index is 11.0. The number of rotatable bonds is 4. The van der Waals surface area contributed by atoms with Crippen LogP contribution in [0.3, 0.4) is 0 Å². The number of ketones is 2. The van der Waals surface area contributed by atoms with E-state index in [1.165, 1.54) is 12.8 Å². The topological polar surface area (TPSA) is 34.1 Å². The molecule has 0 rings (SSSR count). The molecular weight excluding hydrogens is 212 g/mol. The zero-order valence-electron chi connectivity index (χ0n) is 13.1. The number of carbonyl (C=O) groups excluding carboxylic acids is 2. The van der Waals surface area contributed by atoms with E-state index in [4.69, 9.17) is 0 Å². The van der Waals surface area contributed by atoms with Crippen LogP contribution in [0.2, 0.25) is 0 Å². The van der Waals surface area contributed by atoms with Gasteiger partial charge in [-0.25, -0.2) is 0 Å². The van der Waals surface area contributed by atoms with Crippen molar-refractivity contribution in [2.24, 2.45) is 11.8 Å². The van der Waals surface area contributed by atoms with Crippen molar-refractivity contribution in [3.05, 3.63) is 0 Å². The Kier molecular flexibility index (Phi) is 19.5. The summed E-state index contributed by atoms with van der Waals surface area (Å²) in [5.41, 5.74) is 0. The zero-order chi connectivity index (χ0) is 14.4. The van der Waals surface area contributed by atoms with Crippen LogP contribution < -0.4 is 0 Å². The summed E-state index contributed by atoms with van der Waals surface area (Å²) in [4.78, 5) is 22.1. The van der Waals surface area contributed by atoms with Crippen molar-refractivity contribution in [1.29, 1.82) is 0 Å². The van der Waals surface area contributed by atoms with Gasteiger partial charge in [0, 0.05) is 11.8 Å². The molecule has 0 aromatic carbocycles. The van der Waals surface area contributed by atoms with Crippen molar-refractivity contribution in [1.82, 2.24) is 0 Å². The second kappa shape index (κ2) is 15.3. The maximum Gasteiger partial charge on any atom is 0.142 e. The van der Waals surface area contributed by atoms with Gasteiger partial charge < -0.3 is 0 Å². The highest BCUT2D eigenvalue weighted by Crippen LogP contribution is 2.04. The Morgan fingerprint density at radius 2 is 0.882 bits per heavy atom. The lowest BCUT2D eigenvalue weighted by atomic mass is 9.98. The van der Waals surface area contributed by atoms with Gasteiger partial charge in [-0.2, -0.15) is 0 Å². The maximum atomic E-state index is 11.0. The minimum Gasteiger partial charge on any atom is -0.299 e. The smallest absolute Gasteiger partial charge is 0.142 e. The van der Waals surface area contributed by atoms with Crippen LogP contribution in [-0.2, 0) is 9.59 Å². The van der Waals surface area contributed by atoms with Gasteiger partial charge in [-0.05, 0) is 0 Å². The van der Waals surface area contributed by atoms with Crippen LogP contribution in [0, 0.1) is 11.8 Å². The first kappa shape index (κ1) is 21.6. The Labute approximate surface area is 108 Å². The van der Waals surface area contributed by atoms with Crippen LogP contribution >= 0.6 is 0 Å². The van der Waals surface area contributed by atoms with Crippen LogP contribution in [0.1, 0.15) is 74.7 Å². The van der Waals surface area contributed by atoms with Crippen LogP contribution in [0.25, 0.3) is 0 Å². The van der Waals surface area contributed by atoms with Gasteiger partial charge in [-0.1, -0.05) is 68.2 Å². The molecule has 0 aromatic heterocycles. The van der Waals surface area contributed by atoms with Gasteiger partial charge in [0.15, 0.2) is 0 Å². The van der Waals surface area contributed by atoms with Crippen LogP contribution in [-0.4, -0.2) is 11.6 Å². The van der Waals surface area contributed by atoms with Crippen molar-refractivity contribution in [3.63, 3.8) is 0 Å². The van der Waals surface area contributed by atoms with Gasteiger partial charge in [-0.3, -0.25) is 9.59 Å². The van der Waals surface area contributed by atoms with Crippen molar-refractivity contribution >= 4 is 11.6 Å². The molecule has 2 nitrogen and oxygen atoms in total. The quantitative estimate of drug-likeness (QED) is 0.674. The van der Waals surface area contributed by atoms with Gasteiger partial charge in [-0.15, -0.1) is 0 Å². The Bertz CT molecular complexity index is 161. The Morgan fingerprint density at radius 1 is 0.706 bits per heavy atom. The minimum atomic E-state index is -0.0160. The molecule has 0 aromatic rings. The Hall–Kier alpha value is -0.660. The van der Waals surface area contributed by atoms with Crippen LogP contribution in [0.5, 0.6) is 0 Å². The fourth-order valence-electron chi connectivity index (χ4n) is 0.580. The average Bonchev–Trinajstić information content (AvgIpc) is 2.19. The molecule has 0 saturated carbocycles. The van der Waals surface area contributed by atoms with E-state index >= 15 is 0 Å². The van der Waals surface area contributed by atoms with Crippen LogP contribution in [0.4, 0.5) is 0 Å². The van der Waals surface area contributed by atoms with Crippen molar-refractivity contribution in [2.75, 3.05) is 0 Å². The van der Waals surface area contributed by atoms with E-state index in [1.54, 1.807) is 0 Å². The van der Waals surface area contributed by atoms with E-state index in [-0.39, 0.29) is 29.8 Å². The Morgan fingerprint density at radius 3 is 1.00 bits per heavy atom. The molecule has 0 N–H and O–H groups in total. The predicted octanol–water partition coefficient (Wildman–Crippen LogP) is 4.66. The fourth-order valence-corrected chi connectivity index (χ4v) is 0.580. The highest BCUT2D eigenvalue weighted by atomic mass is 16.1. The first-order valence-electron chi connectivity index (χ1n) is 6.83. The number of carbonyl (C=O) groups is 2. The van der Waals surface area contributed by atoms with Crippen molar-refractivity contribution in [2.45, 2.75) is 74.7 Å². The molecule has 0 heterocycles. The molecule has 0 aliphatic carbocycles. The van der Waals surface area contributed by atoms with Gasteiger partial charge in [0.2, 0.25) is 0 Å². The van der Waals surface area contributed by atoms with Crippen molar-refractivity contribution < 1.29 is 9.59 Å². The summed E-state index contributed by atoms with van der Waals surface area (Å²) in [5, 5.41) is 0. The summed E-state index contributed by atoms with van der Waals surface area (Å²) in [6.07, 6.45) is 2.61. The number of hydrogen-bond acceptors (Lipinski definition) is 2. The van der Waals surface area contributed by atoms with E-state index in [0.717, 1.165) is 0 Å². The number of Topliss-reactive ketones (excluding diaryl/α,β-unsaturated/α-hetero) is 2. The van der Waals surface area contributed by atoms with E-state index in [0.29, 0.717) is 0 Å². The molecule has 0 aliphatic rings. The molecule has 0 fully saturated rings. The SMILES string of the molecule is CC(C)C(=O)CC(=O)C(C)C.CCC.CCC. The van der Waals surface area contributed by atoms with Gasteiger partial charge >= 0.3 is 0 Å². The molecule has 0 spiro atoms. The van der Waals surface area contributed by atoms with Gasteiger partial charge in [0.1, 0.15) is 11.6 Å². The molecule has 17 heavy (non-hydrogen) atoms. The molecule has 0 amide bonds. The van der Waals surface area contributed by atoms with E-state index in [1.807, 2.05) is 27.7 Å². The molecule has 2 heteroatoms. The summed E-state index contributed by atoms with van der Waals surface area (Å²) < 4.78 is 0.